The van der Waals surface area contributed by atoms with Gasteiger partial charge in [0.15, 0.2) is 5.70 Å². The number of carbonyl (C=O) groups is 1. The van der Waals surface area contributed by atoms with Crippen LogP contribution in [0.4, 0.5) is 5.69 Å². The highest BCUT2D eigenvalue weighted by atomic mass is 79.9. The van der Waals surface area contributed by atoms with Crippen LogP contribution in [-0.2, 0) is 9.53 Å². The Labute approximate surface area is 177 Å². The van der Waals surface area contributed by atoms with E-state index in [1.165, 1.54) is 18.2 Å². The van der Waals surface area contributed by atoms with E-state index in [1.807, 2.05) is 0 Å². The number of ether oxygens (including phenoxy) is 1. The van der Waals surface area contributed by atoms with E-state index < -0.39 is 10.9 Å². The number of aliphatic imine (C=N–C) groups is 1. The van der Waals surface area contributed by atoms with Gasteiger partial charge in [-0.2, -0.15) is 0 Å². The van der Waals surface area contributed by atoms with Gasteiger partial charge in [0.2, 0.25) is 5.90 Å². The number of nitrogens with zero attached hydrogens (tertiary/aromatic N) is 2. The highest BCUT2D eigenvalue weighted by Gasteiger charge is 2.24. The number of rotatable bonds is 4. The fourth-order valence-electron chi connectivity index (χ4n) is 2.65. The SMILES string of the molecule is O=C1OC(c2ccc(Cl)cc2)=NC1=Cc1ccc(-c2ccc([N+](=O)[O-])cc2Br)o1. The maximum atomic E-state index is 12.1. The lowest BCUT2D eigenvalue weighted by Crippen LogP contribution is -2.05. The molecule has 9 heteroatoms. The summed E-state index contributed by atoms with van der Waals surface area (Å²) in [5.74, 6) is 0.456. The van der Waals surface area contributed by atoms with Crippen molar-refractivity contribution in [3.8, 4) is 11.3 Å². The van der Waals surface area contributed by atoms with Gasteiger partial charge in [0.05, 0.1) is 4.92 Å². The van der Waals surface area contributed by atoms with Crippen LogP contribution < -0.4 is 0 Å². The lowest BCUT2D eigenvalue weighted by molar-refractivity contribution is -0.384. The van der Waals surface area contributed by atoms with Crippen LogP contribution in [0.15, 0.2) is 74.2 Å². The van der Waals surface area contributed by atoms with Crippen LogP contribution in [0, 0.1) is 10.1 Å². The van der Waals surface area contributed by atoms with Gasteiger partial charge in [-0.15, -0.1) is 0 Å². The molecule has 0 saturated carbocycles. The molecule has 7 nitrogen and oxygen atoms in total. The minimum absolute atomic E-state index is 0.0349. The summed E-state index contributed by atoms with van der Waals surface area (Å²) in [7, 11) is 0. The second kappa shape index (κ2) is 7.65. The Morgan fingerprint density at radius 3 is 2.55 bits per heavy atom. The largest absolute Gasteiger partial charge is 0.457 e. The summed E-state index contributed by atoms with van der Waals surface area (Å²) in [6, 6.07) is 14.5. The molecule has 0 aliphatic carbocycles. The van der Waals surface area contributed by atoms with Gasteiger partial charge in [-0.05, 0) is 58.4 Å². The van der Waals surface area contributed by atoms with Gasteiger partial charge in [-0.25, -0.2) is 9.79 Å². The molecule has 1 aliphatic rings. The fraction of sp³-hybridized carbons (Fsp3) is 0. The molecule has 0 spiro atoms. The number of hydrogen-bond donors (Lipinski definition) is 0. The topological polar surface area (TPSA) is 94.9 Å². The standard InChI is InChI=1S/C20H10BrClN2O5/c21-16-9-13(24(26)27)5-7-15(16)18-8-6-14(28-18)10-17-20(25)29-19(23-17)11-1-3-12(22)4-2-11/h1-10H. The molecule has 3 aromatic rings. The van der Waals surface area contributed by atoms with Gasteiger partial charge in [0.25, 0.3) is 5.69 Å². The molecule has 0 unspecified atom stereocenters. The molecule has 2 aromatic carbocycles. The molecule has 0 fully saturated rings. The average molecular weight is 474 g/mol. The Balaban J connectivity index is 1.61. The van der Waals surface area contributed by atoms with Crippen molar-refractivity contribution in [3.63, 3.8) is 0 Å². The molecule has 0 N–H and O–H groups in total. The zero-order valence-corrected chi connectivity index (χ0v) is 16.8. The maximum absolute atomic E-state index is 12.1. The third-order valence-corrected chi connectivity index (χ3v) is 4.95. The van der Waals surface area contributed by atoms with Crippen LogP contribution in [0.25, 0.3) is 17.4 Å². The number of hydrogen-bond acceptors (Lipinski definition) is 6. The Bertz CT molecular complexity index is 1200. The third kappa shape index (κ3) is 3.98. The highest BCUT2D eigenvalue weighted by molar-refractivity contribution is 9.10. The number of nitro benzene ring substituents is 1. The predicted octanol–water partition coefficient (Wildman–Crippen LogP) is 5.62. The van der Waals surface area contributed by atoms with Crippen LogP contribution in [0.1, 0.15) is 11.3 Å². The van der Waals surface area contributed by atoms with Crippen LogP contribution in [0.2, 0.25) is 5.02 Å². The van der Waals surface area contributed by atoms with Crippen LogP contribution >= 0.6 is 27.5 Å². The number of halogens is 2. The zero-order valence-electron chi connectivity index (χ0n) is 14.5. The molecule has 144 valence electrons. The molecule has 1 aliphatic heterocycles. The van der Waals surface area contributed by atoms with E-state index in [4.69, 9.17) is 20.8 Å². The Morgan fingerprint density at radius 1 is 1.10 bits per heavy atom. The molecule has 1 aromatic heterocycles. The second-order valence-electron chi connectivity index (χ2n) is 5.97. The molecule has 0 amide bonds. The van der Waals surface area contributed by atoms with E-state index in [0.29, 0.717) is 32.1 Å². The van der Waals surface area contributed by atoms with Crippen molar-refractivity contribution >= 4 is 51.2 Å². The van der Waals surface area contributed by atoms with E-state index in [1.54, 1.807) is 42.5 Å². The summed E-state index contributed by atoms with van der Waals surface area (Å²) in [5.41, 5.74) is 1.33. The average Bonchev–Trinajstić information content (AvgIpc) is 3.29. The zero-order chi connectivity index (χ0) is 20.5. The molecule has 29 heavy (non-hydrogen) atoms. The molecule has 0 bridgehead atoms. The lowest BCUT2D eigenvalue weighted by atomic mass is 10.1. The number of benzene rings is 2. The number of non-ortho nitro benzene ring substituents is 1. The van der Waals surface area contributed by atoms with Crippen LogP contribution in [0.3, 0.4) is 0 Å². The minimum Gasteiger partial charge on any atom is -0.457 e. The number of furan rings is 1. The number of carbonyl (C=O) groups excluding carboxylic acids is 1. The Morgan fingerprint density at radius 2 is 1.86 bits per heavy atom. The van der Waals surface area contributed by atoms with Crippen molar-refractivity contribution in [3.05, 3.63) is 91.2 Å². The van der Waals surface area contributed by atoms with Crippen molar-refractivity contribution in [1.29, 1.82) is 0 Å². The first-order chi connectivity index (χ1) is 13.9. The summed E-state index contributed by atoms with van der Waals surface area (Å²) in [6.07, 6.45) is 1.47. The van der Waals surface area contributed by atoms with Crippen molar-refractivity contribution in [2.75, 3.05) is 0 Å². The molecule has 2 heterocycles. The fourth-order valence-corrected chi connectivity index (χ4v) is 3.34. The van der Waals surface area contributed by atoms with Gasteiger partial charge >= 0.3 is 5.97 Å². The van der Waals surface area contributed by atoms with Gasteiger partial charge in [-0.3, -0.25) is 10.1 Å². The first-order valence-electron chi connectivity index (χ1n) is 8.23. The van der Waals surface area contributed by atoms with Crippen LogP contribution in [-0.4, -0.2) is 16.8 Å². The third-order valence-electron chi connectivity index (χ3n) is 4.05. The molecule has 4 rings (SSSR count). The summed E-state index contributed by atoms with van der Waals surface area (Å²) in [6.45, 7) is 0. The second-order valence-corrected chi connectivity index (χ2v) is 7.26. The van der Waals surface area contributed by atoms with Gasteiger partial charge in [-0.1, -0.05) is 11.6 Å². The van der Waals surface area contributed by atoms with E-state index in [2.05, 4.69) is 20.9 Å². The Hall–Kier alpha value is -3.23. The maximum Gasteiger partial charge on any atom is 0.363 e. The number of cyclic esters (lactones) is 1. The van der Waals surface area contributed by atoms with E-state index in [-0.39, 0.29) is 17.3 Å². The number of esters is 1. The van der Waals surface area contributed by atoms with Crippen molar-refractivity contribution in [2.24, 2.45) is 4.99 Å². The molecule has 0 saturated heterocycles. The van der Waals surface area contributed by atoms with Gasteiger partial charge in [0.1, 0.15) is 11.5 Å². The van der Waals surface area contributed by atoms with E-state index >= 15 is 0 Å². The number of nitro groups is 1. The van der Waals surface area contributed by atoms with Crippen molar-refractivity contribution in [1.82, 2.24) is 0 Å². The van der Waals surface area contributed by atoms with Gasteiger partial charge in [0, 0.05) is 38.8 Å². The van der Waals surface area contributed by atoms with E-state index in [9.17, 15) is 14.9 Å². The summed E-state index contributed by atoms with van der Waals surface area (Å²) in [4.78, 5) is 26.7. The molecular formula is C20H10BrClN2O5. The van der Waals surface area contributed by atoms with Crippen molar-refractivity contribution in [2.45, 2.75) is 0 Å². The van der Waals surface area contributed by atoms with Gasteiger partial charge < -0.3 is 9.15 Å². The highest BCUT2D eigenvalue weighted by Crippen LogP contribution is 2.33. The van der Waals surface area contributed by atoms with Crippen molar-refractivity contribution < 1.29 is 18.9 Å². The molecule has 0 atom stereocenters. The first-order valence-corrected chi connectivity index (χ1v) is 9.40. The first kappa shape index (κ1) is 19.1. The predicted molar refractivity (Wildman–Crippen MR) is 111 cm³/mol. The summed E-state index contributed by atoms with van der Waals surface area (Å²) in [5, 5.41) is 11.4. The molecule has 0 radical (unpaired) electrons. The monoisotopic (exact) mass is 472 g/mol. The smallest absolute Gasteiger partial charge is 0.363 e. The quantitative estimate of drug-likeness (QED) is 0.212. The Kier molecular flexibility index (Phi) is 5.04. The summed E-state index contributed by atoms with van der Waals surface area (Å²) < 4.78 is 11.5. The summed E-state index contributed by atoms with van der Waals surface area (Å²) >= 11 is 9.18. The lowest BCUT2D eigenvalue weighted by Gasteiger charge is -2.00. The van der Waals surface area contributed by atoms with Crippen LogP contribution in [0.5, 0.6) is 0 Å². The van der Waals surface area contributed by atoms with E-state index in [0.717, 1.165) is 0 Å². The minimum atomic E-state index is -0.593. The molecular weight excluding hydrogens is 464 g/mol. The normalized spacial score (nSPS) is 14.8.